The molecule has 0 amide bonds. The van der Waals surface area contributed by atoms with Gasteiger partial charge in [0.15, 0.2) is 0 Å². The van der Waals surface area contributed by atoms with Gasteiger partial charge < -0.3 is 9.88 Å². The van der Waals surface area contributed by atoms with Crippen molar-refractivity contribution < 1.29 is 0 Å². The molecule has 0 spiro atoms. The van der Waals surface area contributed by atoms with Crippen LogP contribution >= 0.6 is 0 Å². The molecule has 0 saturated heterocycles. The third kappa shape index (κ3) is 3.31. The van der Waals surface area contributed by atoms with Gasteiger partial charge in [-0.05, 0) is 36.4 Å². The van der Waals surface area contributed by atoms with Gasteiger partial charge in [0.1, 0.15) is 5.82 Å². The Morgan fingerprint density at radius 2 is 2.15 bits per heavy atom. The van der Waals surface area contributed by atoms with E-state index in [0.29, 0.717) is 0 Å². The van der Waals surface area contributed by atoms with Gasteiger partial charge >= 0.3 is 0 Å². The molecule has 3 aromatic rings. The number of aromatic nitrogens is 3. The van der Waals surface area contributed by atoms with Crippen molar-refractivity contribution in [1.82, 2.24) is 14.5 Å². The summed E-state index contributed by atoms with van der Waals surface area (Å²) >= 11 is 0. The molecule has 2 aromatic heterocycles. The predicted molar refractivity (Wildman–Crippen MR) is 108 cm³/mol. The van der Waals surface area contributed by atoms with E-state index < -0.39 is 0 Å². The van der Waals surface area contributed by atoms with E-state index in [4.69, 9.17) is 0 Å². The minimum absolute atomic E-state index is 0.871. The third-order valence-corrected chi connectivity index (χ3v) is 4.71. The van der Waals surface area contributed by atoms with Gasteiger partial charge in [-0.1, -0.05) is 36.4 Å². The fourth-order valence-corrected chi connectivity index (χ4v) is 3.24. The second-order valence-electron chi connectivity index (χ2n) is 6.55. The van der Waals surface area contributed by atoms with Crippen LogP contribution < -0.4 is 5.32 Å². The molecule has 4 heteroatoms. The van der Waals surface area contributed by atoms with Crippen LogP contribution in [0.4, 0.5) is 5.82 Å². The van der Waals surface area contributed by atoms with E-state index in [9.17, 15) is 0 Å². The molecule has 1 N–H and O–H groups in total. The van der Waals surface area contributed by atoms with Crippen molar-refractivity contribution in [3.63, 3.8) is 0 Å². The summed E-state index contributed by atoms with van der Waals surface area (Å²) in [5.41, 5.74) is 4.77. The summed E-state index contributed by atoms with van der Waals surface area (Å²) in [5.74, 6) is 0.871. The number of imidazole rings is 1. The molecule has 0 radical (unpaired) electrons. The van der Waals surface area contributed by atoms with Crippen LogP contribution in [0.25, 0.3) is 22.0 Å². The zero-order valence-electron chi connectivity index (χ0n) is 15.1. The summed E-state index contributed by atoms with van der Waals surface area (Å²) < 4.78 is 2.03. The van der Waals surface area contributed by atoms with Crippen LogP contribution in [0, 0.1) is 0 Å². The molecule has 1 aliphatic rings. The molecular weight excluding hydrogens is 320 g/mol. The van der Waals surface area contributed by atoms with Gasteiger partial charge in [-0.25, -0.2) is 9.97 Å². The fraction of sp³-hybridized carbons (Fsp3) is 0.182. The number of fused-ring (bicyclic) bond motifs is 1. The summed E-state index contributed by atoms with van der Waals surface area (Å²) in [6.45, 7) is 2.06. The Kier molecular flexibility index (Phi) is 4.40. The Bertz CT molecular complexity index is 1040. The third-order valence-electron chi connectivity index (χ3n) is 4.71. The lowest BCUT2D eigenvalue weighted by Gasteiger charge is -2.11. The van der Waals surface area contributed by atoms with Crippen LogP contribution in [0.15, 0.2) is 78.6 Å². The first-order valence-electron chi connectivity index (χ1n) is 8.87. The number of anilines is 1. The average molecular weight is 342 g/mol. The van der Waals surface area contributed by atoms with Crippen molar-refractivity contribution in [1.29, 1.82) is 0 Å². The van der Waals surface area contributed by atoms with Crippen LogP contribution in [0.2, 0.25) is 0 Å². The number of pyridine rings is 1. The Hall–Kier alpha value is -3.14. The first kappa shape index (κ1) is 16.3. The number of rotatable bonds is 5. The minimum Gasteiger partial charge on any atom is -0.344 e. The van der Waals surface area contributed by atoms with E-state index >= 15 is 0 Å². The molecule has 1 aliphatic carbocycles. The van der Waals surface area contributed by atoms with Crippen molar-refractivity contribution in [3.05, 3.63) is 78.6 Å². The first-order valence-corrected chi connectivity index (χ1v) is 8.87. The van der Waals surface area contributed by atoms with E-state index in [1.807, 2.05) is 30.3 Å². The van der Waals surface area contributed by atoms with Crippen LogP contribution in [0.1, 0.15) is 19.8 Å². The van der Waals surface area contributed by atoms with E-state index in [-0.39, 0.29) is 0 Å². The molecule has 0 bridgehead atoms. The molecule has 0 fully saturated rings. The van der Waals surface area contributed by atoms with Gasteiger partial charge in [0.05, 0.1) is 18.2 Å². The van der Waals surface area contributed by atoms with Crippen molar-refractivity contribution in [2.24, 2.45) is 7.05 Å². The largest absolute Gasteiger partial charge is 0.344 e. The highest BCUT2D eigenvalue weighted by Crippen LogP contribution is 2.26. The number of hydrogen-bond acceptors (Lipinski definition) is 3. The van der Waals surface area contributed by atoms with E-state index in [2.05, 4.69) is 70.8 Å². The zero-order valence-corrected chi connectivity index (χ0v) is 15.1. The summed E-state index contributed by atoms with van der Waals surface area (Å²) in [5, 5.41) is 5.76. The van der Waals surface area contributed by atoms with E-state index in [0.717, 1.165) is 46.4 Å². The van der Waals surface area contributed by atoms with E-state index in [1.54, 1.807) is 0 Å². The lowest BCUT2D eigenvalue weighted by atomic mass is 10.1. The lowest BCUT2D eigenvalue weighted by Crippen LogP contribution is -2.02. The SMILES string of the molecule is C/C=C(\CC1=CCC=C1)Nc1cc2cc(-c3cncn3C)ccc2cn1. The van der Waals surface area contributed by atoms with Gasteiger partial charge in [0, 0.05) is 36.3 Å². The second kappa shape index (κ2) is 7.00. The Labute approximate surface area is 153 Å². The minimum atomic E-state index is 0.871. The number of hydrogen-bond donors (Lipinski definition) is 1. The maximum Gasteiger partial charge on any atom is 0.130 e. The van der Waals surface area contributed by atoms with Crippen molar-refractivity contribution >= 4 is 16.6 Å². The highest BCUT2D eigenvalue weighted by atomic mass is 15.0. The zero-order chi connectivity index (χ0) is 17.9. The number of aryl methyl sites for hydroxylation is 1. The summed E-state index contributed by atoms with van der Waals surface area (Å²) in [6, 6.07) is 8.53. The molecule has 1 aromatic carbocycles. The standard InChI is InChI=1S/C22H22N4/c1-3-20(10-16-6-4-5-7-16)25-22-12-19-11-17(8-9-18(19)13-24-22)21-14-23-15-26(21)2/h3-4,6-9,11-15H,5,10H2,1-2H3,(H,24,25)/b20-3+. The highest BCUT2D eigenvalue weighted by Gasteiger charge is 2.07. The van der Waals surface area contributed by atoms with Crippen LogP contribution in [0.3, 0.4) is 0 Å². The predicted octanol–water partition coefficient (Wildman–Crippen LogP) is 5.23. The molecule has 26 heavy (non-hydrogen) atoms. The van der Waals surface area contributed by atoms with Gasteiger partial charge in [-0.3, -0.25) is 0 Å². The number of allylic oxidation sites excluding steroid dienone is 5. The molecule has 2 heterocycles. The summed E-state index contributed by atoms with van der Waals surface area (Å²) in [4.78, 5) is 8.79. The van der Waals surface area contributed by atoms with Crippen molar-refractivity contribution in [3.8, 4) is 11.3 Å². The molecule has 4 nitrogen and oxygen atoms in total. The molecule has 0 aliphatic heterocycles. The molecular formula is C22H22N4. The Balaban J connectivity index is 1.61. The first-order chi connectivity index (χ1) is 12.7. The number of benzene rings is 1. The smallest absolute Gasteiger partial charge is 0.130 e. The van der Waals surface area contributed by atoms with Gasteiger partial charge in [-0.2, -0.15) is 0 Å². The molecule has 4 rings (SSSR count). The number of nitrogens with one attached hydrogen (secondary N) is 1. The van der Waals surface area contributed by atoms with Crippen LogP contribution in [0.5, 0.6) is 0 Å². The van der Waals surface area contributed by atoms with Gasteiger partial charge in [-0.15, -0.1) is 0 Å². The summed E-state index contributed by atoms with van der Waals surface area (Å²) in [7, 11) is 2.01. The Morgan fingerprint density at radius 3 is 2.88 bits per heavy atom. The second-order valence-corrected chi connectivity index (χ2v) is 6.55. The lowest BCUT2D eigenvalue weighted by molar-refractivity contribution is 0.921. The van der Waals surface area contributed by atoms with Crippen LogP contribution in [-0.4, -0.2) is 14.5 Å². The summed E-state index contributed by atoms with van der Waals surface area (Å²) in [6.07, 6.45) is 16.3. The van der Waals surface area contributed by atoms with E-state index in [1.165, 1.54) is 5.57 Å². The molecule has 0 unspecified atom stereocenters. The average Bonchev–Trinajstić information content (AvgIpc) is 3.32. The maximum atomic E-state index is 4.57. The quantitative estimate of drug-likeness (QED) is 0.690. The monoisotopic (exact) mass is 342 g/mol. The molecule has 130 valence electrons. The molecule has 0 atom stereocenters. The number of nitrogens with zero attached hydrogens (tertiary/aromatic N) is 3. The fourth-order valence-electron chi connectivity index (χ4n) is 3.24. The van der Waals surface area contributed by atoms with Crippen LogP contribution in [-0.2, 0) is 7.05 Å². The maximum absolute atomic E-state index is 4.57. The molecule has 0 saturated carbocycles. The van der Waals surface area contributed by atoms with Gasteiger partial charge in [0.2, 0.25) is 0 Å². The highest BCUT2D eigenvalue weighted by molar-refractivity contribution is 5.88. The topological polar surface area (TPSA) is 42.7 Å². The normalized spacial score (nSPS) is 14.1. The van der Waals surface area contributed by atoms with Crippen molar-refractivity contribution in [2.75, 3.05) is 5.32 Å². The van der Waals surface area contributed by atoms with Gasteiger partial charge in [0.25, 0.3) is 0 Å². The van der Waals surface area contributed by atoms with Crippen molar-refractivity contribution in [2.45, 2.75) is 19.8 Å². The Morgan fingerprint density at radius 1 is 1.23 bits per heavy atom.